The van der Waals surface area contributed by atoms with E-state index in [0.29, 0.717) is 6.04 Å². The molecule has 26 heavy (non-hydrogen) atoms. The van der Waals surface area contributed by atoms with E-state index in [0.717, 1.165) is 32.0 Å². The van der Waals surface area contributed by atoms with Crippen LogP contribution in [0.3, 0.4) is 0 Å². The van der Waals surface area contributed by atoms with Gasteiger partial charge >= 0.3 is 0 Å². The van der Waals surface area contributed by atoms with Crippen LogP contribution in [0, 0.1) is 5.92 Å². The third-order valence-electron chi connectivity index (χ3n) is 4.95. The first kappa shape index (κ1) is 20.1. The molecule has 1 fully saturated rings. The summed E-state index contributed by atoms with van der Waals surface area (Å²) < 4.78 is 0. The zero-order valence-corrected chi connectivity index (χ0v) is 16.7. The van der Waals surface area contributed by atoms with Crippen molar-refractivity contribution in [3.05, 3.63) is 30.3 Å². The van der Waals surface area contributed by atoms with E-state index in [-0.39, 0.29) is 17.9 Å². The Labute approximate surface area is 157 Å². The molecule has 2 N–H and O–H groups in total. The standard InChI is InChI=1S/C20H33N5O/c1-15(2)19(26)25-12-11-17(14-25)23-20(21-4)22-13-16(3)24(5)18-9-7-6-8-10-18/h6-10,15-17H,11-14H2,1-5H3,(H2,21,22,23). The third-order valence-corrected chi connectivity index (χ3v) is 4.95. The van der Waals surface area contributed by atoms with Crippen LogP contribution in [0.15, 0.2) is 35.3 Å². The molecule has 1 aromatic rings. The second-order valence-corrected chi connectivity index (χ2v) is 7.32. The van der Waals surface area contributed by atoms with Crippen LogP contribution in [0.5, 0.6) is 0 Å². The summed E-state index contributed by atoms with van der Waals surface area (Å²) in [5.41, 5.74) is 1.20. The van der Waals surface area contributed by atoms with Gasteiger partial charge in [-0.05, 0) is 25.5 Å². The Balaban J connectivity index is 1.80. The number of hydrogen-bond acceptors (Lipinski definition) is 3. The van der Waals surface area contributed by atoms with Gasteiger partial charge in [-0.3, -0.25) is 9.79 Å². The fourth-order valence-electron chi connectivity index (χ4n) is 3.13. The lowest BCUT2D eigenvalue weighted by Crippen LogP contribution is -2.48. The van der Waals surface area contributed by atoms with Crippen molar-refractivity contribution in [2.75, 3.05) is 38.6 Å². The van der Waals surface area contributed by atoms with E-state index in [1.807, 2.05) is 24.8 Å². The van der Waals surface area contributed by atoms with Gasteiger partial charge in [-0.25, -0.2) is 0 Å². The Morgan fingerprint density at radius 2 is 2.00 bits per heavy atom. The third kappa shape index (κ3) is 5.38. The number of carbonyl (C=O) groups excluding carboxylic acids is 1. The Kier molecular flexibility index (Phi) is 7.30. The predicted molar refractivity (Wildman–Crippen MR) is 109 cm³/mol. The second kappa shape index (κ2) is 9.46. The smallest absolute Gasteiger partial charge is 0.225 e. The van der Waals surface area contributed by atoms with E-state index in [2.05, 4.69) is 58.8 Å². The van der Waals surface area contributed by atoms with Crippen LogP contribution in [0.1, 0.15) is 27.2 Å². The molecule has 1 heterocycles. The lowest BCUT2D eigenvalue weighted by atomic mass is 10.2. The second-order valence-electron chi connectivity index (χ2n) is 7.32. The summed E-state index contributed by atoms with van der Waals surface area (Å²) in [4.78, 5) is 20.6. The largest absolute Gasteiger partial charge is 0.370 e. The zero-order valence-electron chi connectivity index (χ0n) is 16.7. The van der Waals surface area contributed by atoms with Crippen LogP contribution in [-0.2, 0) is 4.79 Å². The van der Waals surface area contributed by atoms with E-state index < -0.39 is 0 Å². The van der Waals surface area contributed by atoms with Gasteiger partial charge in [0.2, 0.25) is 5.91 Å². The number of para-hydroxylation sites is 1. The van der Waals surface area contributed by atoms with Gasteiger partial charge in [0, 0.05) is 57.4 Å². The summed E-state index contributed by atoms with van der Waals surface area (Å²) >= 11 is 0. The summed E-state index contributed by atoms with van der Waals surface area (Å²) in [7, 11) is 3.89. The number of benzene rings is 1. The van der Waals surface area contributed by atoms with Crippen LogP contribution in [0.2, 0.25) is 0 Å². The Hall–Kier alpha value is -2.24. The van der Waals surface area contributed by atoms with Crippen LogP contribution >= 0.6 is 0 Å². The highest BCUT2D eigenvalue weighted by atomic mass is 16.2. The Morgan fingerprint density at radius 1 is 1.31 bits per heavy atom. The molecule has 6 heteroatoms. The maximum absolute atomic E-state index is 12.1. The van der Waals surface area contributed by atoms with Crippen LogP contribution in [-0.4, -0.2) is 62.6 Å². The number of nitrogens with zero attached hydrogens (tertiary/aromatic N) is 3. The molecule has 1 amide bonds. The molecule has 2 unspecified atom stereocenters. The summed E-state index contributed by atoms with van der Waals surface area (Å²) in [6.07, 6.45) is 0.957. The first-order valence-corrected chi connectivity index (χ1v) is 9.46. The van der Waals surface area contributed by atoms with E-state index in [1.54, 1.807) is 7.05 Å². The van der Waals surface area contributed by atoms with Gasteiger partial charge in [-0.2, -0.15) is 0 Å². The number of aliphatic imine (C=N–C) groups is 1. The number of likely N-dealkylation sites (N-methyl/N-ethyl adjacent to an activating group) is 1. The maximum Gasteiger partial charge on any atom is 0.225 e. The van der Waals surface area contributed by atoms with Crippen molar-refractivity contribution in [3.63, 3.8) is 0 Å². The van der Waals surface area contributed by atoms with Crippen LogP contribution in [0.4, 0.5) is 5.69 Å². The molecule has 0 aromatic heterocycles. The van der Waals surface area contributed by atoms with Crippen molar-refractivity contribution in [2.45, 2.75) is 39.3 Å². The number of guanidine groups is 1. The van der Waals surface area contributed by atoms with Crippen molar-refractivity contribution in [1.29, 1.82) is 0 Å². The molecule has 144 valence electrons. The van der Waals surface area contributed by atoms with Crippen LogP contribution < -0.4 is 15.5 Å². The highest BCUT2D eigenvalue weighted by Gasteiger charge is 2.28. The van der Waals surface area contributed by atoms with E-state index in [4.69, 9.17) is 0 Å². The summed E-state index contributed by atoms with van der Waals surface area (Å²) in [5.74, 6) is 1.08. The van der Waals surface area contributed by atoms with Crippen molar-refractivity contribution in [1.82, 2.24) is 15.5 Å². The average Bonchev–Trinajstić information content (AvgIpc) is 3.12. The Bertz CT molecular complexity index is 601. The number of amides is 1. The van der Waals surface area contributed by atoms with Crippen molar-refractivity contribution < 1.29 is 4.79 Å². The molecule has 0 radical (unpaired) electrons. The molecule has 1 aliphatic heterocycles. The Morgan fingerprint density at radius 3 is 2.62 bits per heavy atom. The van der Waals surface area contributed by atoms with Crippen LogP contribution in [0.25, 0.3) is 0 Å². The number of nitrogens with one attached hydrogen (secondary N) is 2. The molecule has 0 saturated carbocycles. The van der Waals surface area contributed by atoms with Gasteiger partial charge < -0.3 is 20.4 Å². The minimum atomic E-state index is 0.0561. The molecule has 0 bridgehead atoms. The number of likely N-dealkylation sites (tertiary alicyclic amines) is 1. The minimum absolute atomic E-state index is 0.0561. The summed E-state index contributed by atoms with van der Waals surface area (Å²) in [6.45, 7) is 8.44. The maximum atomic E-state index is 12.1. The molecule has 6 nitrogen and oxygen atoms in total. The molecule has 2 rings (SSSR count). The van der Waals surface area contributed by atoms with Gasteiger partial charge in [0.05, 0.1) is 0 Å². The van der Waals surface area contributed by atoms with Gasteiger partial charge in [0.15, 0.2) is 5.96 Å². The number of hydrogen-bond donors (Lipinski definition) is 2. The molecular formula is C20H33N5O. The van der Waals surface area contributed by atoms with Crippen molar-refractivity contribution >= 4 is 17.6 Å². The van der Waals surface area contributed by atoms with E-state index in [9.17, 15) is 4.79 Å². The van der Waals surface area contributed by atoms with E-state index >= 15 is 0 Å². The summed E-state index contributed by atoms with van der Waals surface area (Å²) in [5, 5.41) is 6.86. The molecular weight excluding hydrogens is 326 g/mol. The monoisotopic (exact) mass is 359 g/mol. The fourth-order valence-corrected chi connectivity index (χ4v) is 3.13. The quantitative estimate of drug-likeness (QED) is 0.602. The molecule has 1 aromatic carbocycles. The van der Waals surface area contributed by atoms with Crippen molar-refractivity contribution in [3.8, 4) is 0 Å². The van der Waals surface area contributed by atoms with Gasteiger partial charge in [0.1, 0.15) is 0 Å². The summed E-state index contributed by atoms with van der Waals surface area (Å²) in [6, 6.07) is 10.9. The van der Waals surface area contributed by atoms with Gasteiger partial charge in [-0.15, -0.1) is 0 Å². The number of carbonyl (C=O) groups is 1. The van der Waals surface area contributed by atoms with Crippen molar-refractivity contribution in [2.24, 2.45) is 10.9 Å². The molecule has 0 aliphatic carbocycles. The highest BCUT2D eigenvalue weighted by Crippen LogP contribution is 2.14. The number of rotatable bonds is 6. The molecule has 1 saturated heterocycles. The van der Waals surface area contributed by atoms with Gasteiger partial charge in [0.25, 0.3) is 0 Å². The predicted octanol–water partition coefficient (Wildman–Crippen LogP) is 1.93. The molecule has 0 spiro atoms. The van der Waals surface area contributed by atoms with E-state index in [1.165, 1.54) is 5.69 Å². The molecule has 1 aliphatic rings. The number of anilines is 1. The molecule has 2 atom stereocenters. The lowest BCUT2D eigenvalue weighted by molar-refractivity contribution is -0.133. The first-order valence-electron chi connectivity index (χ1n) is 9.46. The zero-order chi connectivity index (χ0) is 19.1. The minimum Gasteiger partial charge on any atom is -0.370 e. The lowest BCUT2D eigenvalue weighted by Gasteiger charge is -2.28. The topological polar surface area (TPSA) is 60.0 Å². The first-order chi connectivity index (χ1) is 12.4. The van der Waals surface area contributed by atoms with Gasteiger partial charge in [-0.1, -0.05) is 32.0 Å². The fraction of sp³-hybridized carbons (Fsp3) is 0.600. The highest BCUT2D eigenvalue weighted by molar-refractivity contribution is 5.81. The average molecular weight is 360 g/mol. The SMILES string of the molecule is CN=C(NCC(C)N(C)c1ccccc1)NC1CCN(C(=O)C(C)C)C1. The normalized spacial score (nSPS) is 18.8.